The first-order chi connectivity index (χ1) is 5.68. The molecule has 2 nitrogen and oxygen atoms in total. The van der Waals surface area contributed by atoms with E-state index in [2.05, 4.69) is 4.74 Å². The molecule has 0 fully saturated rings. The van der Waals surface area contributed by atoms with Crippen molar-refractivity contribution in [2.75, 3.05) is 6.61 Å². The van der Waals surface area contributed by atoms with Crippen LogP contribution in [0.4, 0.5) is 8.78 Å². The number of ether oxygens (including phenoxy) is 1. The third-order valence-corrected chi connectivity index (χ3v) is 0.710. The molecule has 0 aromatic rings. The van der Waals surface area contributed by atoms with Crippen molar-refractivity contribution in [3.63, 3.8) is 0 Å². The van der Waals surface area contributed by atoms with Gasteiger partial charge in [-0.3, -0.25) is 4.79 Å². The molecule has 0 radical (unpaired) electrons. The molecule has 0 bridgehead atoms. The summed E-state index contributed by atoms with van der Waals surface area (Å²) in [5.41, 5.74) is 0. The fourth-order valence-corrected chi connectivity index (χ4v) is 0.284. The third kappa shape index (κ3) is 9.07. The Kier molecular flexibility index (Phi) is 11.5. The van der Waals surface area contributed by atoms with Crippen molar-refractivity contribution in [2.24, 2.45) is 0 Å². The Hall–Kier alpha value is -0.930. The topological polar surface area (TPSA) is 26.3 Å². The number of hydrogen-bond donors (Lipinski definition) is 0. The second-order valence-electron chi connectivity index (χ2n) is 1.46. The van der Waals surface area contributed by atoms with Crippen LogP contribution in [0.2, 0.25) is 0 Å². The van der Waals surface area contributed by atoms with Gasteiger partial charge in [0.15, 0.2) is 0 Å². The molecule has 72 valence electrons. The van der Waals surface area contributed by atoms with E-state index in [0.29, 0.717) is 12.7 Å². The van der Waals surface area contributed by atoms with Crippen LogP contribution in [0, 0.1) is 0 Å². The van der Waals surface area contributed by atoms with Crippen molar-refractivity contribution in [2.45, 2.75) is 27.2 Å². The molecule has 0 aromatic carbocycles. The minimum absolute atomic E-state index is 0.368. The largest absolute Gasteiger partial charge is 0.501 e. The number of allylic oxidation sites excluding steroid dienone is 1. The summed E-state index contributed by atoms with van der Waals surface area (Å²) in [6.45, 7) is 6.06. The molecule has 0 aliphatic rings. The molecule has 0 aliphatic carbocycles. The zero-order valence-electron chi connectivity index (χ0n) is 7.51. The highest BCUT2D eigenvalue weighted by Crippen LogP contribution is 1.94. The van der Waals surface area contributed by atoms with E-state index in [1.54, 1.807) is 6.92 Å². The van der Waals surface area contributed by atoms with E-state index in [1.165, 1.54) is 0 Å². The molecule has 0 amide bonds. The smallest absolute Gasteiger partial charge is 0.300 e. The van der Waals surface area contributed by atoms with Gasteiger partial charge in [0.25, 0.3) is 6.43 Å². The number of ketones is 1. The summed E-state index contributed by atoms with van der Waals surface area (Å²) >= 11 is 0. The van der Waals surface area contributed by atoms with Gasteiger partial charge in [0, 0.05) is 6.08 Å². The van der Waals surface area contributed by atoms with Gasteiger partial charge in [0.05, 0.1) is 12.9 Å². The van der Waals surface area contributed by atoms with Gasteiger partial charge in [-0.2, -0.15) is 0 Å². The monoisotopic (exact) mass is 180 g/mol. The summed E-state index contributed by atoms with van der Waals surface area (Å²) in [4.78, 5) is 10.1. The predicted molar refractivity (Wildman–Crippen MR) is 43.1 cm³/mol. The first kappa shape index (κ1) is 13.6. The van der Waals surface area contributed by atoms with Crippen molar-refractivity contribution in [1.29, 1.82) is 0 Å². The Morgan fingerprint density at radius 3 is 2.33 bits per heavy atom. The van der Waals surface area contributed by atoms with Gasteiger partial charge in [-0.1, -0.05) is 13.8 Å². The summed E-state index contributed by atoms with van der Waals surface area (Å²) in [6, 6.07) is 0. The van der Waals surface area contributed by atoms with Crippen molar-refractivity contribution in [1.82, 2.24) is 0 Å². The van der Waals surface area contributed by atoms with Crippen molar-refractivity contribution in [3.05, 3.63) is 12.3 Å². The summed E-state index contributed by atoms with van der Waals surface area (Å²) < 4.78 is 27.3. The lowest BCUT2D eigenvalue weighted by atomic mass is 10.4. The van der Waals surface area contributed by atoms with Crippen LogP contribution in [-0.2, 0) is 9.53 Å². The zero-order valence-corrected chi connectivity index (χ0v) is 7.51. The number of hydrogen-bond acceptors (Lipinski definition) is 2. The number of carbonyl (C=O) groups is 1. The number of rotatable bonds is 4. The van der Waals surface area contributed by atoms with E-state index in [9.17, 15) is 13.6 Å². The molecular formula is C8H14F2O2. The fourth-order valence-electron chi connectivity index (χ4n) is 0.284. The van der Waals surface area contributed by atoms with Gasteiger partial charge in [-0.15, -0.1) is 0 Å². The van der Waals surface area contributed by atoms with E-state index >= 15 is 0 Å². The van der Waals surface area contributed by atoms with E-state index in [1.807, 2.05) is 13.8 Å². The SMILES string of the molecule is CC.CCO/C=C/C(=O)C(F)F. The highest BCUT2D eigenvalue weighted by molar-refractivity contribution is 5.91. The summed E-state index contributed by atoms with van der Waals surface area (Å²) in [5, 5.41) is 0. The molecule has 12 heavy (non-hydrogen) atoms. The summed E-state index contributed by atoms with van der Waals surface area (Å²) in [6.07, 6.45) is -1.25. The quantitative estimate of drug-likeness (QED) is 0.490. The first-order valence-electron chi connectivity index (χ1n) is 3.78. The maximum Gasteiger partial charge on any atom is 0.300 e. The molecular weight excluding hydrogens is 166 g/mol. The minimum atomic E-state index is -2.93. The zero-order chi connectivity index (χ0) is 9.98. The van der Waals surface area contributed by atoms with Crippen LogP contribution in [-0.4, -0.2) is 18.8 Å². The standard InChI is InChI=1S/C6H8F2O2.C2H6/c1-2-10-4-3-5(9)6(7)8;1-2/h3-4,6H,2H2,1H3;1-2H3/b4-3+;. The maximum absolute atomic E-state index is 11.4. The molecule has 0 aliphatic heterocycles. The lowest BCUT2D eigenvalue weighted by molar-refractivity contribution is -0.124. The van der Waals surface area contributed by atoms with Crippen LogP contribution in [0.15, 0.2) is 12.3 Å². The lowest BCUT2D eigenvalue weighted by Crippen LogP contribution is -2.05. The van der Waals surface area contributed by atoms with E-state index < -0.39 is 12.2 Å². The van der Waals surface area contributed by atoms with Gasteiger partial charge in [0.2, 0.25) is 5.78 Å². The van der Waals surface area contributed by atoms with Crippen molar-refractivity contribution < 1.29 is 18.3 Å². The van der Waals surface area contributed by atoms with E-state index in [-0.39, 0.29) is 0 Å². The maximum atomic E-state index is 11.4. The molecule has 0 aromatic heterocycles. The Bertz CT molecular complexity index is 133. The van der Waals surface area contributed by atoms with Crippen molar-refractivity contribution >= 4 is 5.78 Å². The van der Waals surface area contributed by atoms with E-state index in [0.717, 1.165) is 6.26 Å². The molecule has 0 unspecified atom stereocenters. The third-order valence-electron chi connectivity index (χ3n) is 0.710. The summed E-state index contributed by atoms with van der Waals surface area (Å²) in [5.74, 6) is -1.23. The van der Waals surface area contributed by atoms with Crippen LogP contribution in [0.3, 0.4) is 0 Å². The molecule has 0 heterocycles. The molecule has 0 atom stereocenters. The Labute approximate surface area is 71.2 Å². The van der Waals surface area contributed by atoms with Crippen LogP contribution < -0.4 is 0 Å². The minimum Gasteiger partial charge on any atom is -0.501 e. The molecule has 0 saturated heterocycles. The summed E-state index contributed by atoms with van der Waals surface area (Å²) in [7, 11) is 0. The van der Waals surface area contributed by atoms with Crippen LogP contribution in [0.5, 0.6) is 0 Å². The number of carbonyl (C=O) groups excluding carboxylic acids is 1. The van der Waals surface area contributed by atoms with Crippen LogP contribution in [0.25, 0.3) is 0 Å². The predicted octanol–water partition coefficient (Wildman–Crippen LogP) is 2.40. The van der Waals surface area contributed by atoms with Crippen molar-refractivity contribution in [3.8, 4) is 0 Å². The molecule has 0 spiro atoms. The molecule has 0 rings (SSSR count). The second-order valence-corrected chi connectivity index (χ2v) is 1.46. The Morgan fingerprint density at radius 2 is 2.00 bits per heavy atom. The first-order valence-corrected chi connectivity index (χ1v) is 3.78. The van der Waals surface area contributed by atoms with Gasteiger partial charge in [-0.25, -0.2) is 8.78 Å². The average Bonchev–Trinajstić information content (AvgIpc) is 2.08. The van der Waals surface area contributed by atoms with Gasteiger partial charge in [-0.05, 0) is 6.92 Å². The highest BCUT2D eigenvalue weighted by Gasteiger charge is 2.10. The van der Waals surface area contributed by atoms with Crippen LogP contribution >= 0.6 is 0 Å². The molecule has 4 heteroatoms. The van der Waals surface area contributed by atoms with Gasteiger partial charge < -0.3 is 4.74 Å². The number of halogens is 2. The average molecular weight is 180 g/mol. The Balaban J connectivity index is 0. The van der Waals surface area contributed by atoms with E-state index in [4.69, 9.17) is 0 Å². The highest BCUT2D eigenvalue weighted by atomic mass is 19.3. The normalized spacial score (nSPS) is 9.50. The molecule has 0 saturated carbocycles. The van der Waals surface area contributed by atoms with Gasteiger partial charge in [0.1, 0.15) is 0 Å². The van der Waals surface area contributed by atoms with Gasteiger partial charge >= 0.3 is 0 Å². The second kappa shape index (κ2) is 10.1. The Morgan fingerprint density at radius 1 is 1.50 bits per heavy atom. The fraction of sp³-hybridized carbons (Fsp3) is 0.625. The molecule has 0 N–H and O–H groups in total. The lowest BCUT2D eigenvalue weighted by Gasteiger charge is -1.91. The number of alkyl halides is 2. The van der Waals surface area contributed by atoms with Crippen LogP contribution in [0.1, 0.15) is 20.8 Å².